The summed E-state index contributed by atoms with van der Waals surface area (Å²) in [6.07, 6.45) is 0. The van der Waals surface area contributed by atoms with E-state index in [0.29, 0.717) is 17.1 Å². The van der Waals surface area contributed by atoms with Crippen LogP contribution in [0.15, 0.2) is 42.5 Å². The maximum atomic E-state index is 5.82. The van der Waals surface area contributed by atoms with Crippen molar-refractivity contribution in [3.8, 4) is 0 Å². The average Bonchev–Trinajstić information content (AvgIpc) is 2.20. The second-order valence-electron chi connectivity index (χ2n) is 3.60. The highest BCUT2D eigenvalue weighted by molar-refractivity contribution is 5.75. The molecule has 7 N–H and O–H groups in total. The molecule has 0 heterocycles. The van der Waals surface area contributed by atoms with Gasteiger partial charge in [0.15, 0.2) is 0 Å². The highest BCUT2D eigenvalue weighted by Crippen LogP contribution is 2.25. The smallest absolute Gasteiger partial charge is 0.0617 e. The number of anilines is 5. The summed E-state index contributed by atoms with van der Waals surface area (Å²) >= 11 is 0. The van der Waals surface area contributed by atoms with E-state index in [1.54, 1.807) is 6.07 Å². The molecule has 0 spiro atoms. The first-order valence-electron chi connectivity index (χ1n) is 4.93. The lowest BCUT2D eigenvalue weighted by atomic mass is 10.2. The Morgan fingerprint density at radius 1 is 0.812 bits per heavy atom. The molecular formula is C12H14N4. The van der Waals surface area contributed by atoms with E-state index in [2.05, 4.69) is 5.32 Å². The van der Waals surface area contributed by atoms with Gasteiger partial charge in [0, 0.05) is 17.1 Å². The van der Waals surface area contributed by atoms with E-state index in [0.717, 1.165) is 11.4 Å². The zero-order chi connectivity index (χ0) is 11.5. The highest BCUT2D eigenvalue weighted by atomic mass is 14.9. The monoisotopic (exact) mass is 214 g/mol. The Morgan fingerprint density at radius 2 is 1.44 bits per heavy atom. The topological polar surface area (TPSA) is 90.1 Å². The predicted octanol–water partition coefficient (Wildman–Crippen LogP) is 2.18. The maximum absolute atomic E-state index is 5.82. The number of rotatable bonds is 2. The Labute approximate surface area is 94.1 Å². The van der Waals surface area contributed by atoms with Gasteiger partial charge in [-0.3, -0.25) is 0 Å². The van der Waals surface area contributed by atoms with Gasteiger partial charge < -0.3 is 22.5 Å². The average molecular weight is 214 g/mol. The van der Waals surface area contributed by atoms with Crippen molar-refractivity contribution in [3.05, 3.63) is 42.5 Å². The van der Waals surface area contributed by atoms with Crippen LogP contribution in [0.2, 0.25) is 0 Å². The largest absolute Gasteiger partial charge is 0.399 e. The van der Waals surface area contributed by atoms with Crippen LogP contribution in [0.4, 0.5) is 28.4 Å². The van der Waals surface area contributed by atoms with E-state index in [-0.39, 0.29) is 0 Å². The molecule has 2 aromatic rings. The molecule has 0 saturated carbocycles. The van der Waals surface area contributed by atoms with Crippen molar-refractivity contribution < 1.29 is 0 Å². The first-order valence-corrected chi connectivity index (χ1v) is 4.93. The second kappa shape index (κ2) is 4.02. The van der Waals surface area contributed by atoms with Gasteiger partial charge in [-0.15, -0.1) is 0 Å². The molecule has 0 unspecified atom stereocenters. The Kier molecular flexibility index (Phi) is 2.55. The summed E-state index contributed by atoms with van der Waals surface area (Å²) in [4.78, 5) is 0. The number of nitrogens with two attached hydrogens (primary N) is 3. The Morgan fingerprint density at radius 3 is 2.06 bits per heavy atom. The lowest BCUT2D eigenvalue weighted by Crippen LogP contribution is -1.98. The van der Waals surface area contributed by atoms with Gasteiger partial charge in [0.1, 0.15) is 0 Å². The van der Waals surface area contributed by atoms with Gasteiger partial charge in [-0.25, -0.2) is 0 Å². The van der Waals surface area contributed by atoms with Crippen LogP contribution in [0.3, 0.4) is 0 Å². The fourth-order valence-corrected chi connectivity index (χ4v) is 1.52. The van der Waals surface area contributed by atoms with Gasteiger partial charge in [-0.2, -0.15) is 0 Å². The van der Waals surface area contributed by atoms with Crippen LogP contribution >= 0.6 is 0 Å². The van der Waals surface area contributed by atoms with Gasteiger partial charge >= 0.3 is 0 Å². The first-order chi connectivity index (χ1) is 7.65. The quantitative estimate of drug-likeness (QED) is 0.577. The van der Waals surface area contributed by atoms with E-state index in [4.69, 9.17) is 17.2 Å². The van der Waals surface area contributed by atoms with Gasteiger partial charge in [-0.1, -0.05) is 12.1 Å². The van der Waals surface area contributed by atoms with Gasteiger partial charge in [0.25, 0.3) is 0 Å². The van der Waals surface area contributed by atoms with Crippen LogP contribution in [-0.4, -0.2) is 0 Å². The minimum atomic E-state index is 0.622. The molecule has 0 aliphatic carbocycles. The zero-order valence-electron chi connectivity index (χ0n) is 8.77. The molecule has 2 rings (SSSR count). The Balaban J connectivity index is 2.30. The van der Waals surface area contributed by atoms with Gasteiger partial charge in [-0.05, 0) is 30.3 Å². The number of para-hydroxylation sites is 2. The van der Waals surface area contributed by atoms with Gasteiger partial charge in [0.2, 0.25) is 0 Å². The molecule has 82 valence electrons. The lowest BCUT2D eigenvalue weighted by Gasteiger charge is -2.10. The standard InChI is InChI=1S/C12H14N4/c13-8-5-9(14)7-10(6-8)16-12-4-2-1-3-11(12)15/h1-7,16H,13-15H2. The second-order valence-corrected chi connectivity index (χ2v) is 3.60. The highest BCUT2D eigenvalue weighted by Gasteiger charge is 2.00. The van der Waals surface area contributed by atoms with Crippen LogP contribution in [-0.2, 0) is 0 Å². The molecule has 4 heteroatoms. The van der Waals surface area contributed by atoms with Crippen LogP contribution in [0.1, 0.15) is 0 Å². The minimum absolute atomic E-state index is 0.622. The number of nitrogen functional groups attached to an aromatic ring is 3. The summed E-state index contributed by atoms with van der Waals surface area (Å²) in [6.45, 7) is 0. The molecule has 0 amide bonds. The zero-order valence-corrected chi connectivity index (χ0v) is 8.77. The number of hydrogen-bond donors (Lipinski definition) is 4. The molecule has 4 nitrogen and oxygen atoms in total. The van der Waals surface area contributed by atoms with E-state index < -0.39 is 0 Å². The fourth-order valence-electron chi connectivity index (χ4n) is 1.52. The lowest BCUT2D eigenvalue weighted by molar-refractivity contribution is 1.54. The number of benzene rings is 2. The molecule has 0 atom stereocenters. The van der Waals surface area contributed by atoms with Crippen LogP contribution < -0.4 is 22.5 Å². The predicted molar refractivity (Wildman–Crippen MR) is 69.4 cm³/mol. The molecule has 0 saturated heterocycles. The van der Waals surface area contributed by atoms with Crippen molar-refractivity contribution in [1.82, 2.24) is 0 Å². The fraction of sp³-hybridized carbons (Fsp3) is 0. The third-order valence-corrected chi connectivity index (χ3v) is 2.22. The molecule has 0 fully saturated rings. The van der Waals surface area contributed by atoms with Crippen LogP contribution in [0, 0.1) is 0 Å². The van der Waals surface area contributed by atoms with Crippen molar-refractivity contribution in [2.75, 3.05) is 22.5 Å². The molecule has 16 heavy (non-hydrogen) atoms. The van der Waals surface area contributed by atoms with Crippen molar-refractivity contribution >= 4 is 28.4 Å². The van der Waals surface area contributed by atoms with Crippen molar-refractivity contribution in [3.63, 3.8) is 0 Å². The Bertz CT molecular complexity index is 488. The van der Waals surface area contributed by atoms with Crippen LogP contribution in [0.25, 0.3) is 0 Å². The minimum Gasteiger partial charge on any atom is -0.399 e. The molecule has 0 aliphatic rings. The SMILES string of the molecule is Nc1cc(N)cc(Nc2ccccc2N)c1. The summed E-state index contributed by atoms with van der Waals surface area (Å²) in [5.41, 5.74) is 20.8. The third kappa shape index (κ3) is 2.17. The molecular weight excluding hydrogens is 200 g/mol. The maximum Gasteiger partial charge on any atom is 0.0617 e. The summed E-state index contributed by atoms with van der Waals surface area (Å²) in [5, 5.41) is 3.17. The summed E-state index contributed by atoms with van der Waals surface area (Å²) in [5.74, 6) is 0. The van der Waals surface area contributed by atoms with Crippen molar-refractivity contribution in [2.24, 2.45) is 0 Å². The molecule has 0 radical (unpaired) electrons. The van der Waals surface area contributed by atoms with E-state index >= 15 is 0 Å². The van der Waals surface area contributed by atoms with Crippen molar-refractivity contribution in [1.29, 1.82) is 0 Å². The number of hydrogen-bond acceptors (Lipinski definition) is 4. The van der Waals surface area contributed by atoms with E-state index in [1.807, 2.05) is 36.4 Å². The molecule has 2 aromatic carbocycles. The van der Waals surface area contributed by atoms with Crippen LogP contribution in [0.5, 0.6) is 0 Å². The molecule has 0 aliphatic heterocycles. The summed E-state index contributed by atoms with van der Waals surface area (Å²) in [7, 11) is 0. The summed E-state index contributed by atoms with van der Waals surface area (Å²) < 4.78 is 0. The normalized spacial score (nSPS) is 10.0. The van der Waals surface area contributed by atoms with E-state index in [9.17, 15) is 0 Å². The molecule has 0 aromatic heterocycles. The number of nitrogens with one attached hydrogen (secondary N) is 1. The van der Waals surface area contributed by atoms with Gasteiger partial charge in [0.05, 0.1) is 11.4 Å². The first kappa shape index (κ1) is 10.2. The third-order valence-electron chi connectivity index (χ3n) is 2.22. The molecule has 0 bridgehead atoms. The Hall–Kier alpha value is -2.36. The van der Waals surface area contributed by atoms with Crippen molar-refractivity contribution in [2.45, 2.75) is 0 Å². The summed E-state index contributed by atoms with van der Waals surface area (Å²) in [6, 6.07) is 12.8. The van der Waals surface area contributed by atoms with E-state index in [1.165, 1.54) is 0 Å².